The van der Waals surface area contributed by atoms with Crippen LogP contribution >= 0.6 is 0 Å². The van der Waals surface area contributed by atoms with E-state index in [0.29, 0.717) is 6.54 Å². The minimum atomic E-state index is -0.00131. The number of fused-ring (bicyclic) bond motifs is 1. The van der Waals surface area contributed by atoms with Gasteiger partial charge in [0.1, 0.15) is 0 Å². The van der Waals surface area contributed by atoms with Crippen molar-refractivity contribution in [3.05, 3.63) is 35.4 Å². The lowest BCUT2D eigenvalue weighted by Crippen LogP contribution is -2.33. The second-order valence-corrected chi connectivity index (χ2v) is 8.09. The summed E-state index contributed by atoms with van der Waals surface area (Å²) in [6.45, 7) is 8.31. The summed E-state index contributed by atoms with van der Waals surface area (Å²) in [6, 6.07) is 7.74. The molecule has 5 heteroatoms. The summed E-state index contributed by atoms with van der Waals surface area (Å²) in [7, 11) is 1.82. The van der Waals surface area contributed by atoms with E-state index < -0.39 is 0 Å². The van der Waals surface area contributed by atoms with E-state index >= 15 is 0 Å². The van der Waals surface area contributed by atoms with Gasteiger partial charge < -0.3 is 15.1 Å². The van der Waals surface area contributed by atoms with Crippen LogP contribution in [0.4, 0.5) is 0 Å². The first-order valence-electron chi connectivity index (χ1n) is 9.79. The van der Waals surface area contributed by atoms with Crippen molar-refractivity contribution < 1.29 is 9.59 Å². The highest BCUT2D eigenvalue weighted by molar-refractivity contribution is 5.94. The lowest BCUT2D eigenvalue weighted by atomic mass is 9.92. The number of carbonyl (C=O) groups excluding carboxylic acids is 2. The highest BCUT2D eigenvalue weighted by atomic mass is 16.2. The van der Waals surface area contributed by atoms with E-state index in [4.69, 9.17) is 0 Å². The van der Waals surface area contributed by atoms with Crippen LogP contribution in [-0.2, 0) is 11.3 Å². The predicted molar refractivity (Wildman–Crippen MR) is 103 cm³/mol. The Balaban J connectivity index is 1.59. The van der Waals surface area contributed by atoms with Gasteiger partial charge in [0.05, 0.1) is 0 Å². The van der Waals surface area contributed by atoms with E-state index in [-0.39, 0.29) is 17.7 Å². The molecule has 0 spiro atoms. The van der Waals surface area contributed by atoms with Crippen LogP contribution in [0.25, 0.3) is 0 Å². The molecule has 2 amide bonds. The Kier molecular flexibility index (Phi) is 5.97. The molecule has 26 heavy (non-hydrogen) atoms. The van der Waals surface area contributed by atoms with E-state index in [1.165, 1.54) is 0 Å². The average Bonchev–Trinajstić information content (AvgIpc) is 2.99. The first kappa shape index (κ1) is 18.9. The van der Waals surface area contributed by atoms with E-state index in [1.54, 1.807) is 4.90 Å². The number of rotatable bonds is 4. The van der Waals surface area contributed by atoms with Crippen LogP contribution in [0.1, 0.15) is 42.6 Å². The Hall–Kier alpha value is -1.88. The Morgan fingerprint density at radius 3 is 2.23 bits per heavy atom. The van der Waals surface area contributed by atoms with Gasteiger partial charge in [0, 0.05) is 38.2 Å². The molecule has 2 atom stereocenters. The minimum absolute atomic E-state index is 0.00131. The summed E-state index contributed by atoms with van der Waals surface area (Å²) in [5.74, 6) is 1.72. The first-order chi connectivity index (χ1) is 12.5. The van der Waals surface area contributed by atoms with Crippen molar-refractivity contribution in [3.63, 3.8) is 0 Å². The fourth-order valence-corrected chi connectivity index (χ4v) is 4.15. The van der Waals surface area contributed by atoms with Crippen LogP contribution in [0.5, 0.6) is 0 Å². The maximum absolute atomic E-state index is 12.8. The number of likely N-dealkylation sites (tertiary alicyclic amines) is 1. The van der Waals surface area contributed by atoms with Gasteiger partial charge in [-0.3, -0.25) is 9.59 Å². The van der Waals surface area contributed by atoms with Gasteiger partial charge in [0.2, 0.25) is 5.91 Å². The molecule has 2 aliphatic rings. The number of hydrogen-bond acceptors (Lipinski definition) is 3. The highest BCUT2D eigenvalue weighted by Crippen LogP contribution is 2.27. The van der Waals surface area contributed by atoms with Crippen molar-refractivity contribution in [3.8, 4) is 0 Å². The van der Waals surface area contributed by atoms with Gasteiger partial charge >= 0.3 is 0 Å². The lowest BCUT2D eigenvalue weighted by Gasteiger charge is -2.22. The van der Waals surface area contributed by atoms with Gasteiger partial charge in [-0.1, -0.05) is 26.0 Å². The third kappa shape index (κ3) is 4.26. The smallest absolute Gasteiger partial charge is 0.253 e. The van der Waals surface area contributed by atoms with Crippen LogP contribution in [0, 0.1) is 17.8 Å². The van der Waals surface area contributed by atoms with Crippen molar-refractivity contribution in [2.75, 3.05) is 33.2 Å². The molecular weight excluding hydrogens is 326 g/mol. The van der Waals surface area contributed by atoms with Crippen LogP contribution in [0.2, 0.25) is 0 Å². The molecule has 0 aromatic heterocycles. The van der Waals surface area contributed by atoms with Gasteiger partial charge in [0.25, 0.3) is 5.91 Å². The second kappa shape index (κ2) is 8.21. The molecule has 0 aliphatic carbocycles. The van der Waals surface area contributed by atoms with Gasteiger partial charge in [-0.2, -0.15) is 0 Å². The standard InChI is InChI=1S/C21H31N3O2/c1-15(2)20(25)23(3)14-16-4-6-17(7-5-16)21(26)24-10-8-18-12-22-13-19(18)9-11-24/h4-7,15,18-19,22H,8-14H2,1-3H3/t18-,19+. The van der Waals surface area contributed by atoms with Crippen molar-refractivity contribution in [1.29, 1.82) is 0 Å². The summed E-state index contributed by atoms with van der Waals surface area (Å²) in [5, 5.41) is 3.47. The van der Waals surface area contributed by atoms with E-state index in [2.05, 4.69) is 5.32 Å². The molecule has 2 heterocycles. The molecule has 0 bridgehead atoms. The molecule has 142 valence electrons. The Bertz CT molecular complexity index is 627. The monoisotopic (exact) mass is 357 g/mol. The normalized spacial score (nSPS) is 22.8. The van der Waals surface area contributed by atoms with Gasteiger partial charge in [0.15, 0.2) is 0 Å². The van der Waals surface area contributed by atoms with Gasteiger partial charge in [-0.15, -0.1) is 0 Å². The summed E-state index contributed by atoms with van der Waals surface area (Å²) >= 11 is 0. The highest BCUT2D eigenvalue weighted by Gasteiger charge is 2.31. The van der Waals surface area contributed by atoms with Crippen LogP contribution in [0.15, 0.2) is 24.3 Å². The van der Waals surface area contributed by atoms with Crippen LogP contribution < -0.4 is 5.32 Å². The van der Waals surface area contributed by atoms with E-state index in [1.807, 2.05) is 50.1 Å². The average molecular weight is 357 g/mol. The molecule has 3 rings (SSSR count). The Morgan fingerprint density at radius 2 is 1.69 bits per heavy atom. The van der Waals surface area contributed by atoms with Crippen molar-refractivity contribution in [1.82, 2.24) is 15.1 Å². The molecule has 5 nitrogen and oxygen atoms in total. The second-order valence-electron chi connectivity index (χ2n) is 8.09. The lowest BCUT2D eigenvalue weighted by molar-refractivity contribution is -0.133. The Morgan fingerprint density at radius 1 is 1.12 bits per heavy atom. The third-order valence-electron chi connectivity index (χ3n) is 5.80. The quantitative estimate of drug-likeness (QED) is 0.900. The zero-order valence-corrected chi connectivity index (χ0v) is 16.2. The summed E-state index contributed by atoms with van der Waals surface area (Å²) in [5.41, 5.74) is 1.80. The number of benzene rings is 1. The predicted octanol–water partition coefficient (Wildman–Crippen LogP) is 2.37. The van der Waals surface area contributed by atoms with Crippen molar-refractivity contribution >= 4 is 11.8 Å². The maximum atomic E-state index is 12.8. The molecule has 2 aliphatic heterocycles. The number of nitrogens with one attached hydrogen (secondary N) is 1. The molecule has 2 fully saturated rings. The van der Waals surface area contributed by atoms with E-state index in [9.17, 15) is 9.59 Å². The molecule has 1 aromatic carbocycles. The third-order valence-corrected chi connectivity index (χ3v) is 5.80. The molecule has 0 radical (unpaired) electrons. The SMILES string of the molecule is CC(C)C(=O)N(C)Cc1ccc(C(=O)N2CC[C@@H]3CNC[C@@H]3CC2)cc1. The molecule has 1 aromatic rings. The van der Waals surface area contributed by atoms with Gasteiger partial charge in [-0.05, 0) is 55.5 Å². The molecule has 2 saturated heterocycles. The van der Waals surface area contributed by atoms with Crippen molar-refractivity contribution in [2.24, 2.45) is 17.8 Å². The summed E-state index contributed by atoms with van der Waals surface area (Å²) < 4.78 is 0. The number of carbonyl (C=O) groups is 2. The number of amides is 2. The maximum Gasteiger partial charge on any atom is 0.253 e. The first-order valence-corrected chi connectivity index (χ1v) is 9.79. The van der Waals surface area contributed by atoms with Gasteiger partial charge in [-0.25, -0.2) is 0 Å². The topological polar surface area (TPSA) is 52.7 Å². The van der Waals surface area contributed by atoms with E-state index in [0.717, 1.165) is 62.0 Å². The summed E-state index contributed by atoms with van der Waals surface area (Å²) in [6.07, 6.45) is 2.20. The minimum Gasteiger partial charge on any atom is -0.341 e. The number of nitrogens with zero attached hydrogens (tertiary/aromatic N) is 2. The van der Waals surface area contributed by atoms with Crippen LogP contribution in [-0.4, -0.2) is 54.8 Å². The molecule has 1 N–H and O–H groups in total. The van der Waals surface area contributed by atoms with Crippen molar-refractivity contribution in [2.45, 2.75) is 33.2 Å². The molecule has 0 saturated carbocycles. The zero-order valence-electron chi connectivity index (χ0n) is 16.2. The summed E-state index contributed by atoms with van der Waals surface area (Å²) in [4.78, 5) is 28.6. The fraction of sp³-hybridized carbons (Fsp3) is 0.619. The molecule has 0 unspecified atom stereocenters. The zero-order chi connectivity index (χ0) is 18.7. The molecular formula is C21H31N3O2. The van der Waals surface area contributed by atoms with Crippen LogP contribution in [0.3, 0.4) is 0 Å². The number of hydrogen-bond donors (Lipinski definition) is 1. The Labute approximate surface area is 156 Å². The fourth-order valence-electron chi connectivity index (χ4n) is 4.15. The largest absolute Gasteiger partial charge is 0.341 e.